The van der Waals surface area contributed by atoms with Gasteiger partial charge in [-0.15, -0.1) is 10.1 Å². The molecule has 0 aliphatic carbocycles. The fourth-order valence-corrected chi connectivity index (χ4v) is 0.951. The van der Waals surface area contributed by atoms with Crippen molar-refractivity contribution >= 4 is 0 Å². The van der Waals surface area contributed by atoms with Crippen molar-refractivity contribution in [2.45, 2.75) is 33.1 Å². The van der Waals surface area contributed by atoms with Gasteiger partial charge in [-0.3, -0.25) is 0 Å². The highest BCUT2D eigenvalue weighted by molar-refractivity contribution is 5.00. The maximum absolute atomic E-state index is 8.36. The van der Waals surface area contributed by atoms with Crippen molar-refractivity contribution < 1.29 is 10.3 Å². The largest absolute Gasteiger partial charge is 0.348 e. The minimum Gasteiger partial charge on any atom is -0.348 e. The molecule has 6 nitrogen and oxygen atoms in total. The first-order chi connectivity index (χ1) is 6.60. The van der Waals surface area contributed by atoms with Gasteiger partial charge in [0, 0.05) is 12.6 Å². The van der Waals surface area contributed by atoms with Crippen LogP contribution in [0, 0.1) is 10.1 Å². The molecule has 0 aliphatic rings. The van der Waals surface area contributed by atoms with Gasteiger partial charge in [0.15, 0.2) is 0 Å². The van der Waals surface area contributed by atoms with E-state index in [4.69, 9.17) is 15.3 Å². The molecule has 0 spiro atoms. The summed E-state index contributed by atoms with van der Waals surface area (Å²) in [7, 11) is 0. The molecule has 80 valence electrons. The Morgan fingerprint density at radius 3 is 2.57 bits per heavy atom. The zero-order valence-corrected chi connectivity index (χ0v) is 8.36. The SMILES string of the molecule is CCCc1nc(CC)c[nH]1.O=[N+]([O-])O. The Kier molecular flexibility index (Phi) is 6.09. The second-order valence-electron chi connectivity index (χ2n) is 2.68. The summed E-state index contributed by atoms with van der Waals surface area (Å²) in [5.74, 6) is 1.12. The van der Waals surface area contributed by atoms with Crippen molar-refractivity contribution in [1.29, 1.82) is 0 Å². The highest BCUT2D eigenvalue weighted by Crippen LogP contribution is 1.99. The molecule has 6 heteroatoms. The van der Waals surface area contributed by atoms with Crippen molar-refractivity contribution in [1.82, 2.24) is 9.97 Å². The summed E-state index contributed by atoms with van der Waals surface area (Å²) >= 11 is 0. The van der Waals surface area contributed by atoms with Gasteiger partial charge >= 0.3 is 0 Å². The Bertz CT molecular complexity index is 269. The molecule has 1 heterocycles. The molecule has 0 aliphatic heterocycles. The van der Waals surface area contributed by atoms with Crippen LogP contribution in [0.15, 0.2) is 6.20 Å². The average Bonchev–Trinajstić information content (AvgIpc) is 2.52. The van der Waals surface area contributed by atoms with Gasteiger partial charge < -0.3 is 10.2 Å². The maximum Gasteiger partial charge on any atom is 0.291 e. The van der Waals surface area contributed by atoms with E-state index in [-0.39, 0.29) is 0 Å². The standard InChI is InChI=1S/C8H14N2.HNO3/c1-3-5-8-9-6-7(4-2)10-8;2-1(3)4/h6H,3-5H2,1-2H3,(H,9,10);(H,2,3,4). The third-order valence-corrected chi connectivity index (χ3v) is 1.53. The van der Waals surface area contributed by atoms with Gasteiger partial charge in [0.1, 0.15) is 5.82 Å². The number of hydrogen-bond donors (Lipinski definition) is 2. The minimum absolute atomic E-state index is 1.03. The lowest BCUT2D eigenvalue weighted by Gasteiger charge is -1.87. The van der Waals surface area contributed by atoms with E-state index in [0.717, 1.165) is 25.1 Å². The number of rotatable bonds is 3. The van der Waals surface area contributed by atoms with Gasteiger partial charge in [-0.1, -0.05) is 13.8 Å². The van der Waals surface area contributed by atoms with Gasteiger partial charge in [0.25, 0.3) is 5.09 Å². The number of aryl methyl sites for hydroxylation is 2. The number of nitrogens with one attached hydrogen (secondary N) is 1. The molecule has 1 aromatic rings. The number of aromatic amines is 1. The summed E-state index contributed by atoms with van der Waals surface area (Å²) in [6, 6.07) is 0. The van der Waals surface area contributed by atoms with Crippen LogP contribution in [0.25, 0.3) is 0 Å². The third-order valence-electron chi connectivity index (χ3n) is 1.53. The van der Waals surface area contributed by atoms with Crippen molar-refractivity contribution in [3.63, 3.8) is 0 Å². The Hall–Kier alpha value is -1.59. The molecule has 0 unspecified atom stereocenters. The van der Waals surface area contributed by atoms with Crippen LogP contribution in [0.4, 0.5) is 0 Å². The molecule has 1 aromatic heterocycles. The third kappa shape index (κ3) is 5.99. The molecule has 0 amide bonds. The van der Waals surface area contributed by atoms with Crippen molar-refractivity contribution in [2.75, 3.05) is 0 Å². The van der Waals surface area contributed by atoms with Crippen LogP contribution in [0.3, 0.4) is 0 Å². The van der Waals surface area contributed by atoms with Gasteiger partial charge in [-0.05, 0) is 12.8 Å². The Labute approximate surface area is 82.1 Å². The Balaban J connectivity index is 0.000000364. The first-order valence-electron chi connectivity index (χ1n) is 4.46. The van der Waals surface area contributed by atoms with Crippen LogP contribution < -0.4 is 0 Å². The van der Waals surface area contributed by atoms with Gasteiger partial charge in [0.05, 0.1) is 5.69 Å². The van der Waals surface area contributed by atoms with Crippen LogP contribution in [0.5, 0.6) is 0 Å². The summed E-state index contributed by atoms with van der Waals surface area (Å²) in [5.41, 5.74) is 1.17. The first kappa shape index (κ1) is 12.4. The molecular weight excluding hydrogens is 186 g/mol. The highest BCUT2D eigenvalue weighted by Gasteiger charge is 1.95. The highest BCUT2D eigenvalue weighted by atomic mass is 16.9. The maximum atomic E-state index is 8.36. The lowest BCUT2D eigenvalue weighted by molar-refractivity contribution is -0.742. The summed E-state index contributed by atoms with van der Waals surface area (Å²) in [5, 5.41) is 13.6. The van der Waals surface area contributed by atoms with Crippen molar-refractivity contribution in [3.8, 4) is 0 Å². The van der Waals surface area contributed by atoms with Crippen LogP contribution in [-0.2, 0) is 12.8 Å². The van der Waals surface area contributed by atoms with Crippen molar-refractivity contribution in [2.24, 2.45) is 0 Å². The lowest BCUT2D eigenvalue weighted by atomic mass is 10.3. The Morgan fingerprint density at radius 2 is 2.21 bits per heavy atom. The topological polar surface area (TPSA) is 92.0 Å². The quantitative estimate of drug-likeness (QED) is 0.573. The van der Waals surface area contributed by atoms with Gasteiger partial charge in [-0.25, -0.2) is 4.98 Å². The monoisotopic (exact) mass is 201 g/mol. The fourth-order valence-electron chi connectivity index (χ4n) is 0.951. The minimum atomic E-state index is -1.50. The molecule has 0 radical (unpaired) electrons. The second-order valence-corrected chi connectivity index (χ2v) is 2.68. The number of nitrogens with zero attached hydrogens (tertiary/aromatic N) is 2. The molecular formula is C8H15N3O3. The van der Waals surface area contributed by atoms with E-state index in [1.165, 1.54) is 5.69 Å². The van der Waals surface area contributed by atoms with E-state index in [2.05, 4.69) is 23.8 Å². The first-order valence-corrected chi connectivity index (χ1v) is 4.46. The van der Waals surface area contributed by atoms with E-state index in [9.17, 15) is 0 Å². The van der Waals surface area contributed by atoms with Crippen molar-refractivity contribution in [3.05, 3.63) is 27.8 Å². The zero-order valence-electron chi connectivity index (χ0n) is 8.36. The number of aromatic nitrogens is 2. The zero-order chi connectivity index (χ0) is 11.0. The lowest BCUT2D eigenvalue weighted by Crippen LogP contribution is -1.85. The predicted octanol–water partition coefficient (Wildman–Crippen LogP) is 1.58. The average molecular weight is 201 g/mol. The summed E-state index contributed by atoms with van der Waals surface area (Å²) in [6.45, 7) is 4.28. The molecule has 0 aromatic carbocycles. The van der Waals surface area contributed by atoms with E-state index in [0.29, 0.717) is 0 Å². The summed E-state index contributed by atoms with van der Waals surface area (Å²) < 4.78 is 0. The number of hydrogen-bond acceptors (Lipinski definition) is 3. The van der Waals surface area contributed by atoms with Crippen LogP contribution in [-0.4, -0.2) is 20.3 Å². The second kappa shape index (κ2) is 6.88. The molecule has 2 N–H and O–H groups in total. The van der Waals surface area contributed by atoms with Gasteiger partial charge in [0.2, 0.25) is 0 Å². The fraction of sp³-hybridized carbons (Fsp3) is 0.625. The van der Waals surface area contributed by atoms with E-state index in [1.54, 1.807) is 0 Å². The van der Waals surface area contributed by atoms with E-state index >= 15 is 0 Å². The van der Waals surface area contributed by atoms with E-state index in [1.807, 2.05) is 6.20 Å². The number of imidazole rings is 1. The molecule has 0 saturated heterocycles. The predicted molar refractivity (Wildman–Crippen MR) is 50.7 cm³/mol. The molecule has 0 atom stereocenters. The van der Waals surface area contributed by atoms with Crippen LogP contribution >= 0.6 is 0 Å². The molecule has 0 bridgehead atoms. The van der Waals surface area contributed by atoms with Gasteiger partial charge in [-0.2, -0.15) is 0 Å². The molecule has 0 fully saturated rings. The molecule has 14 heavy (non-hydrogen) atoms. The summed E-state index contributed by atoms with van der Waals surface area (Å²) in [6.07, 6.45) is 5.25. The van der Waals surface area contributed by atoms with Crippen LogP contribution in [0.2, 0.25) is 0 Å². The van der Waals surface area contributed by atoms with Crippen LogP contribution in [0.1, 0.15) is 31.8 Å². The molecule has 1 rings (SSSR count). The Morgan fingerprint density at radius 1 is 1.64 bits per heavy atom. The molecule has 0 saturated carbocycles. The smallest absolute Gasteiger partial charge is 0.291 e. The summed E-state index contributed by atoms with van der Waals surface area (Å²) in [4.78, 5) is 15.9. The normalized spacial score (nSPS) is 9.00. The van der Waals surface area contributed by atoms with E-state index < -0.39 is 5.09 Å². The number of H-pyrrole nitrogens is 1.